The van der Waals surface area contributed by atoms with E-state index >= 15 is 0 Å². The van der Waals surface area contributed by atoms with Gasteiger partial charge in [0.05, 0.1) is 23.3 Å². The molecule has 0 atom stereocenters. The minimum Gasteiger partial charge on any atom is -0.490 e. The zero-order valence-electron chi connectivity index (χ0n) is 15.8. The van der Waals surface area contributed by atoms with Crippen molar-refractivity contribution in [2.24, 2.45) is 5.10 Å². The van der Waals surface area contributed by atoms with Crippen LogP contribution in [0, 0.1) is 10.1 Å². The minimum atomic E-state index is -4.72. The summed E-state index contributed by atoms with van der Waals surface area (Å²) < 4.78 is 49.3. The van der Waals surface area contributed by atoms with Gasteiger partial charge in [-0.05, 0) is 47.1 Å². The van der Waals surface area contributed by atoms with Crippen LogP contribution in [-0.2, 0) is 11.0 Å². The normalized spacial score (nSPS) is 11.4. The number of aliphatic carboxylic acids is 1. The van der Waals surface area contributed by atoms with Gasteiger partial charge in [-0.2, -0.15) is 18.3 Å². The van der Waals surface area contributed by atoms with E-state index in [0.29, 0.717) is 22.2 Å². The Labute approximate surface area is 181 Å². The van der Waals surface area contributed by atoms with E-state index in [-0.39, 0.29) is 23.8 Å². The molecule has 0 unspecified atom stereocenters. The largest absolute Gasteiger partial charge is 0.490 e. The standard InChI is InChI=1S/C18H15BrF3N3O6/c1-2-30-15-5-10(12(19)7-16(15)31-9-17(26)27)8-23-24-13-4-3-11(18(20,21)22)6-14(13)25(28)29/h3-8,24H,2,9H2,1H3,(H,26,27)/b23-8-. The van der Waals surface area contributed by atoms with Crippen molar-refractivity contribution < 1.29 is 37.5 Å². The molecule has 0 heterocycles. The van der Waals surface area contributed by atoms with Gasteiger partial charge in [0.1, 0.15) is 5.69 Å². The molecule has 2 rings (SSSR count). The second-order valence-electron chi connectivity index (χ2n) is 5.79. The van der Waals surface area contributed by atoms with Crippen LogP contribution in [0.2, 0.25) is 0 Å². The number of anilines is 1. The highest BCUT2D eigenvalue weighted by atomic mass is 79.9. The number of hydrazone groups is 1. The number of alkyl halides is 3. The molecule has 31 heavy (non-hydrogen) atoms. The van der Waals surface area contributed by atoms with Crippen LogP contribution < -0.4 is 14.9 Å². The molecule has 2 aromatic carbocycles. The molecule has 9 nitrogen and oxygen atoms in total. The number of hydrogen-bond acceptors (Lipinski definition) is 7. The molecular weight excluding hydrogens is 491 g/mol. The summed E-state index contributed by atoms with van der Waals surface area (Å²) in [4.78, 5) is 20.9. The SMILES string of the molecule is CCOc1cc(/C=N\Nc2ccc(C(F)(F)F)cc2[N+](=O)[O-])c(Br)cc1OCC(=O)O. The molecule has 0 bridgehead atoms. The van der Waals surface area contributed by atoms with Crippen molar-refractivity contribution in [2.45, 2.75) is 13.1 Å². The number of carboxylic acids is 1. The molecule has 0 spiro atoms. The third-order valence-electron chi connectivity index (χ3n) is 3.62. The van der Waals surface area contributed by atoms with Crippen molar-refractivity contribution in [3.8, 4) is 11.5 Å². The molecule has 0 aliphatic heterocycles. The van der Waals surface area contributed by atoms with Gasteiger partial charge >= 0.3 is 12.1 Å². The molecule has 2 N–H and O–H groups in total. The smallest absolute Gasteiger partial charge is 0.416 e. The molecule has 0 aromatic heterocycles. The number of hydrogen-bond donors (Lipinski definition) is 2. The van der Waals surface area contributed by atoms with Crippen LogP contribution >= 0.6 is 15.9 Å². The van der Waals surface area contributed by atoms with Crippen molar-refractivity contribution >= 4 is 39.5 Å². The lowest BCUT2D eigenvalue weighted by molar-refractivity contribution is -0.384. The fraction of sp³-hybridized carbons (Fsp3) is 0.222. The molecule has 0 fully saturated rings. The maximum Gasteiger partial charge on any atom is 0.416 e. The van der Waals surface area contributed by atoms with E-state index < -0.39 is 34.9 Å². The number of nitrogens with zero attached hydrogens (tertiary/aromatic N) is 2. The summed E-state index contributed by atoms with van der Waals surface area (Å²) in [6.45, 7) is 1.39. The van der Waals surface area contributed by atoms with Crippen LogP contribution in [0.15, 0.2) is 39.9 Å². The number of rotatable bonds is 9. The molecule has 0 aliphatic carbocycles. The van der Waals surface area contributed by atoms with Gasteiger partial charge in [-0.1, -0.05) is 0 Å². The van der Waals surface area contributed by atoms with Crippen LogP contribution in [0.4, 0.5) is 24.5 Å². The van der Waals surface area contributed by atoms with Crippen LogP contribution in [-0.4, -0.2) is 35.4 Å². The quantitative estimate of drug-likeness (QED) is 0.288. The molecule has 0 aliphatic rings. The van der Waals surface area contributed by atoms with Crippen LogP contribution in [0.25, 0.3) is 0 Å². The summed E-state index contributed by atoms with van der Waals surface area (Å²) in [7, 11) is 0. The third-order valence-corrected chi connectivity index (χ3v) is 4.31. The molecule has 0 amide bonds. The molecule has 0 saturated carbocycles. The maximum atomic E-state index is 12.8. The lowest BCUT2D eigenvalue weighted by Crippen LogP contribution is -2.10. The monoisotopic (exact) mass is 505 g/mol. The Hall–Kier alpha value is -3.35. The number of benzene rings is 2. The molecule has 2 aromatic rings. The fourth-order valence-corrected chi connectivity index (χ4v) is 2.72. The number of nitro groups is 1. The average Bonchev–Trinajstić information content (AvgIpc) is 2.68. The van der Waals surface area contributed by atoms with Crippen LogP contribution in [0.1, 0.15) is 18.1 Å². The zero-order chi connectivity index (χ0) is 23.2. The van der Waals surface area contributed by atoms with Crippen molar-refractivity contribution in [2.75, 3.05) is 18.6 Å². The predicted molar refractivity (Wildman–Crippen MR) is 108 cm³/mol. The highest BCUT2D eigenvalue weighted by Crippen LogP contribution is 2.35. The Morgan fingerprint density at radius 3 is 2.55 bits per heavy atom. The minimum absolute atomic E-state index is 0.166. The van der Waals surface area contributed by atoms with E-state index in [1.807, 2.05) is 0 Å². The summed E-state index contributed by atoms with van der Waals surface area (Å²) in [5.41, 5.74) is 0.579. The lowest BCUT2D eigenvalue weighted by atomic mass is 10.1. The predicted octanol–water partition coefficient (Wildman–Crippen LogP) is 4.68. The number of halogens is 4. The van der Waals surface area contributed by atoms with E-state index in [1.165, 1.54) is 18.3 Å². The van der Waals surface area contributed by atoms with Gasteiger partial charge in [-0.3, -0.25) is 15.5 Å². The maximum absolute atomic E-state index is 12.8. The van der Waals surface area contributed by atoms with Gasteiger partial charge < -0.3 is 14.6 Å². The summed E-state index contributed by atoms with van der Waals surface area (Å²) in [6.07, 6.45) is -3.48. The summed E-state index contributed by atoms with van der Waals surface area (Å²) >= 11 is 3.26. The highest BCUT2D eigenvalue weighted by Gasteiger charge is 2.33. The van der Waals surface area contributed by atoms with Gasteiger partial charge in [0.15, 0.2) is 18.1 Å². The van der Waals surface area contributed by atoms with Crippen molar-refractivity contribution in [1.82, 2.24) is 0 Å². The zero-order valence-corrected chi connectivity index (χ0v) is 17.4. The molecule has 0 saturated heterocycles. The van der Waals surface area contributed by atoms with Gasteiger partial charge in [0.2, 0.25) is 0 Å². The number of carboxylic acid groups (broad SMARTS) is 1. The van der Waals surface area contributed by atoms with Crippen molar-refractivity contribution in [3.63, 3.8) is 0 Å². The topological polar surface area (TPSA) is 123 Å². The first-order chi connectivity index (χ1) is 14.5. The fourth-order valence-electron chi connectivity index (χ4n) is 2.30. The van der Waals surface area contributed by atoms with Gasteiger partial charge in [-0.25, -0.2) is 4.79 Å². The number of ether oxygens (including phenoxy) is 2. The second-order valence-corrected chi connectivity index (χ2v) is 6.65. The van der Waals surface area contributed by atoms with Crippen molar-refractivity contribution in [3.05, 3.63) is 56.0 Å². The summed E-state index contributed by atoms with van der Waals surface area (Å²) in [5, 5.41) is 23.7. The van der Waals surface area contributed by atoms with E-state index in [0.717, 1.165) is 6.07 Å². The first-order valence-corrected chi connectivity index (χ1v) is 9.27. The van der Waals surface area contributed by atoms with E-state index in [1.54, 1.807) is 6.92 Å². The highest BCUT2D eigenvalue weighted by molar-refractivity contribution is 9.10. The van der Waals surface area contributed by atoms with Gasteiger partial charge in [-0.15, -0.1) is 0 Å². The Balaban J connectivity index is 2.28. The van der Waals surface area contributed by atoms with Gasteiger partial charge in [0.25, 0.3) is 5.69 Å². The van der Waals surface area contributed by atoms with E-state index in [4.69, 9.17) is 14.6 Å². The first-order valence-electron chi connectivity index (χ1n) is 8.48. The van der Waals surface area contributed by atoms with Crippen LogP contribution in [0.5, 0.6) is 11.5 Å². The summed E-state index contributed by atoms with van der Waals surface area (Å²) in [5.74, 6) is -0.778. The molecule has 166 valence electrons. The molecule has 0 radical (unpaired) electrons. The van der Waals surface area contributed by atoms with Crippen LogP contribution in [0.3, 0.4) is 0 Å². The number of nitro benzene ring substituents is 1. The number of carbonyl (C=O) groups is 1. The Morgan fingerprint density at radius 1 is 1.29 bits per heavy atom. The second kappa shape index (κ2) is 10.1. The lowest BCUT2D eigenvalue weighted by Gasteiger charge is -2.12. The van der Waals surface area contributed by atoms with E-state index in [2.05, 4.69) is 26.5 Å². The first kappa shape index (κ1) is 23.9. The number of nitrogens with one attached hydrogen (secondary N) is 1. The third kappa shape index (κ3) is 6.57. The Kier molecular flexibility index (Phi) is 7.80. The summed E-state index contributed by atoms with van der Waals surface area (Å²) in [6, 6.07) is 4.95. The molecule has 13 heteroatoms. The molecular formula is C18H15BrF3N3O6. The van der Waals surface area contributed by atoms with E-state index in [9.17, 15) is 28.1 Å². The Morgan fingerprint density at radius 2 is 1.97 bits per heavy atom. The van der Waals surface area contributed by atoms with Crippen molar-refractivity contribution in [1.29, 1.82) is 0 Å². The average molecular weight is 506 g/mol. The Bertz CT molecular complexity index is 1010. The van der Waals surface area contributed by atoms with Gasteiger partial charge in [0, 0.05) is 16.1 Å².